The van der Waals surface area contributed by atoms with Gasteiger partial charge in [0.1, 0.15) is 0 Å². The van der Waals surface area contributed by atoms with Crippen LogP contribution in [0.2, 0.25) is 10.0 Å². The van der Waals surface area contributed by atoms with Gasteiger partial charge >= 0.3 is 5.97 Å². The van der Waals surface area contributed by atoms with Crippen LogP contribution in [0.1, 0.15) is 34.5 Å². The van der Waals surface area contributed by atoms with E-state index in [0.29, 0.717) is 27.3 Å². The summed E-state index contributed by atoms with van der Waals surface area (Å²) in [6.45, 7) is 1.61. The fourth-order valence-electron chi connectivity index (χ4n) is 3.18. The summed E-state index contributed by atoms with van der Waals surface area (Å²) in [7, 11) is 0. The molecule has 3 rings (SSSR count). The van der Waals surface area contributed by atoms with E-state index >= 15 is 0 Å². The Morgan fingerprint density at radius 3 is 2.48 bits per heavy atom. The van der Waals surface area contributed by atoms with E-state index in [4.69, 9.17) is 28.3 Å². The molecule has 1 aromatic heterocycles. The number of hydrogen-bond donors (Lipinski definition) is 1. The molecule has 1 atom stereocenters. The van der Waals surface area contributed by atoms with Crippen LogP contribution in [0.3, 0.4) is 0 Å². The van der Waals surface area contributed by atoms with Crippen LogP contribution in [0, 0.1) is 11.3 Å². The molecule has 156 valence electrons. The minimum atomic E-state index is -1.15. The summed E-state index contributed by atoms with van der Waals surface area (Å²) in [5.41, 5.74) is 1.54. The van der Waals surface area contributed by atoms with Crippen molar-refractivity contribution in [1.82, 2.24) is 4.57 Å². The van der Waals surface area contributed by atoms with Crippen molar-refractivity contribution >= 4 is 35.0 Å². The molecule has 0 aliphatic heterocycles. The van der Waals surface area contributed by atoms with Gasteiger partial charge in [0.25, 0.3) is 5.56 Å². The first-order valence-electron chi connectivity index (χ1n) is 9.18. The maximum atomic E-state index is 12.7. The molecule has 0 aliphatic rings. The zero-order valence-corrected chi connectivity index (χ0v) is 17.8. The monoisotopic (exact) mass is 454 g/mol. The highest BCUT2D eigenvalue weighted by Gasteiger charge is 2.18. The fourth-order valence-corrected chi connectivity index (χ4v) is 3.63. The summed E-state index contributed by atoms with van der Waals surface area (Å²) in [5.74, 6) is -1.39. The first-order valence-corrected chi connectivity index (χ1v) is 9.93. The molecule has 3 aromatic rings. The van der Waals surface area contributed by atoms with Gasteiger partial charge in [-0.1, -0.05) is 29.3 Å². The minimum absolute atomic E-state index is 0.0121. The number of aromatic nitrogens is 1. The third kappa shape index (κ3) is 4.85. The third-order valence-corrected chi connectivity index (χ3v) is 5.43. The number of nitriles is 1. The van der Waals surface area contributed by atoms with Crippen molar-refractivity contribution in [3.8, 4) is 17.2 Å². The molecule has 6 nitrogen and oxygen atoms in total. The van der Waals surface area contributed by atoms with Crippen molar-refractivity contribution in [1.29, 1.82) is 5.26 Å². The molecule has 0 radical (unpaired) electrons. The average molecular weight is 455 g/mol. The van der Waals surface area contributed by atoms with Crippen molar-refractivity contribution in [2.45, 2.75) is 19.4 Å². The Kier molecular flexibility index (Phi) is 6.59. The van der Waals surface area contributed by atoms with Gasteiger partial charge in [0.2, 0.25) is 0 Å². The number of benzene rings is 2. The number of pyridine rings is 1. The number of carboxylic acid groups (broad SMARTS) is 1. The second-order valence-electron chi connectivity index (χ2n) is 6.90. The highest BCUT2D eigenvalue weighted by Crippen LogP contribution is 2.26. The number of rotatable bonds is 6. The van der Waals surface area contributed by atoms with E-state index in [1.54, 1.807) is 31.2 Å². The second-order valence-corrected chi connectivity index (χ2v) is 7.74. The Morgan fingerprint density at radius 2 is 1.87 bits per heavy atom. The smallest absolute Gasteiger partial charge is 0.337 e. The lowest BCUT2D eigenvalue weighted by atomic mass is 10.0. The van der Waals surface area contributed by atoms with Crippen LogP contribution in [0.5, 0.6) is 0 Å². The fraction of sp³-hybridized carbons (Fsp3) is 0.130. The molecule has 0 saturated carbocycles. The summed E-state index contributed by atoms with van der Waals surface area (Å²) >= 11 is 12.0. The zero-order chi connectivity index (χ0) is 22.7. The van der Waals surface area contributed by atoms with Gasteiger partial charge in [-0.25, -0.2) is 4.79 Å². The Bertz CT molecular complexity index is 1290. The van der Waals surface area contributed by atoms with Crippen molar-refractivity contribution < 1.29 is 14.7 Å². The molecule has 0 spiro atoms. The van der Waals surface area contributed by atoms with Crippen LogP contribution in [-0.4, -0.2) is 21.4 Å². The lowest BCUT2D eigenvalue weighted by molar-refractivity contribution is -0.121. The molecular weight excluding hydrogens is 439 g/mol. The van der Waals surface area contributed by atoms with Crippen LogP contribution in [-0.2, 0) is 11.2 Å². The van der Waals surface area contributed by atoms with Gasteiger partial charge in [-0.3, -0.25) is 9.59 Å². The van der Waals surface area contributed by atoms with E-state index in [-0.39, 0.29) is 22.8 Å². The molecule has 0 amide bonds. The first kappa shape index (κ1) is 22.3. The third-order valence-electron chi connectivity index (χ3n) is 4.89. The maximum absolute atomic E-state index is 12.7. The van der Waals surface area contributed by atoms with Gasteiger partial charge in [0.15, 0.2) is 5.78 Å². The van der Waals surface area contributed by atoms with Gasteiger partial charge in [0.05, 0.1) is 28.3 Å². The number of carbonyl (C=O) groups is 2. The quantitative estimate of drug-likeness (QED) is 0.578. The molecule has 2 aromatic carbocycles. The number of ketones is 1. The Labute approximate surface area is 187 Å². The molecule has 0 aliphatic carbocycles. The van der Waals surface area contributed by atoms with Gasteiger partial charge in [0, 0.05) is 29.3 Å². The Hall–Kier alpha value is -3.40. The molecule has 0 fully saturated rings. The van der Waals surface area contributed by atoms with Gasteiger partial charge < -0.3 is 9.67 Å². The van der Waals surface area contributed by atoms with Crippen molar-refractivity contribution in [3.05, 3.63) is 91.8 Å². The number of carboxylic acids is 1. The highest BCUT2D eigenvalue weighted by atomic mass is 35.5. The zero-order valence-electron chi connectivity index (χ0n) is 16.3. The van der Waals surface area contributed by atoms with Gasteiger partial charge in [-0.05, 0) is 54.4 Å². The van der Waals surface area contributed by atoms with Crippen LogP contribution in [0.4, 0.5) is 0 Å². The van der Waals surface area contributed by atoms with Crippen LogP contribution >= 0.6 is 23.2 Å². The molecule has 31 heavy (non-hydrogen) atoms. The standard InChI is InChI=1S/C23H16Cl2N2O4/c1-13(21(28)9-14-2-5-18(23(30)31)20(25)8-14)27-7-6-15(10-22(27)29)19-11-17(24)4-3-16(19)12-26/h2-8,10-11,13H,9H2,1H3,(H,30,31). The lowest BCUT2D eigenvalue weighted by Gasteiger charge is -2.15. The highest BCUT2D eigenvalue weighted by molar-refractivity contribution is 6.33. The average Bonchev–Trinajstić information content (AvgIpc) is 2.73. The molecule has 0 bridgehead atoms. The second kappa shape index (κ2) is 9.17. The Morgan fingerprint density at radius 1 is 1.13 bits per heavy atom. The summed E-state index contributed by atoms with van der Waals surface area (Å²) in [4.78, 5) is 36.5. The van der Waals surface area contributed by atoms with Crippen LogP contribution < -0.4 is 5.56 Å². The molecule has 8 heteroatoms. The van der Waals surface area contributed by atoms with Gasteiger partial charge in [-0.15, -0.1) is 0 Å². The number of carbonyl (C=O) groups excluding carboxylic acids is 1. The van der Waals surface area contributed by atoms with Crippen molar-refractivity contribution in [2.75, 3.05) is 0 Å². The van der Waals surface area contributed by atoms with Crippen molar-refractivity contribution in [3.63, 3.8) is 0 Å². The summed E-state index contributed by atoms with van der Waals surface area (Å²) < 4.78 is 1.30. The molecule has 1 unspecified atom stereocenters. The number of aromatic carboxylic acids is 1. The number of nitrogens with zero attached hydrogens (tertiary/aromatic N) is 2. The maximum Gasteiger partial charge on any atom is 0.337 e. The molecular formula is C23H16Cl2N2O4. The molecule has 0 saturated heterocycles. The normalized spacial score (nSPS) is 11.5. The SMILES string of the molecule is CC(C(=O)Cc1ccc(C(=O)O)c(Cl)c1)n1ccc(-c2cc(Cl)ccc2C#N)cc1=O. The molecule has 1 heterocycles. The van der Waals surface area contributed by atoms with Crippen molar-refractivity contribution in [2.24, 2.45) is 0 Å². The van der Waals surface area contributed by atoms with E-state index in [1.807, 2.05) is 0 Å². The summed E-state index contributed by atoms with van der Waals surface area (Å²) in [5, 5.41) is 18.8. The van der Waals surface area contributed by atoms with Crippen LogP contribution in [0.15, 0.2) is 59.5 Å². The number of halogens is 2. The predicted molar refractivity (Wildman–Crippen MR) is 118 cm³/mol. The van der Waals surface area contributed by atoms with E-state index in [0.717, 1.165) is 0 Å². The largest absolute Gasteiger partial charge is 0.478 e. The van der Waals surface area contributed by atoms with Crippen LogP contribution in [0.25, 0.3) is 11.1 Å². The van der Waals surface area contributed by atoms with Gasteiger partial charge in [-0.2, -0.15) is 5.26 Å². The molecule has 1 N–H and O–H groups in total. The number of hydrogen-bond acceptors (Lipinski definition) is 4. The lowest BCUT2D eigenvalue weighted by Crippen LogP contribution is -2.28. The first-order chi connectivity index (χ1) is 14.7. The predicted octanol–water partition coefficient (Wildman–Crippen LogP) is 4.76. The van der Waals surface area contributed by atoms with E-state index < -0.39 is 17.6 Å². The summed E-state index contributed by atoms with van der Waals surface area (Å²) in [6.07, 6.45) is 1.49. The van der Waals surface area contributed by atoms with E-state index in [1.165, 1.54) is 35.0 Å². The van der Waals surface area contributed by atoms with E-state index in [2.05, 4.69) is 6.07 Å². The number of Topliss-reactive ketones (excluding diaryl/α,β-unsaturated/α-hetero) is 1. The minimum Gasteiger partial charge on any atom is -0.478 e. The van der Waals surface area contributed by atoms with E-state index in [9.17, 15) is 19.6 Å². The Balaban J connectivity index is 1.85. The summed E-state index contributed by atoms with van der Waals surface area (Å²) in [6, 6.07) is 13.4. The topological polar surface area (TPSA) is 100 Å².